The van der Waals surface area contributed by atoms with Gasteiger partial charge in [-0.1, -0.05) is 27.7 Å². The van der Waals surface area contributed by atoms with E-state index in [0.717, 1.165) is 13.8 Å². The lowest BCUT2D eigenvalue weighted by Crippen LogP contribution is -2.60. The first kappa shape index (κ1) is 27.2. The van der Waals surface area contributed by atoms with Crippen LogP contribution in [0.15, 0.2) is 0 Å². The monoisotopic (exact) mass is 438 g/mol. The molecule has 0 aromatic rings. The van der Waals surface area contributed by atoms with Crippen molar-refractivity contribution in [2.45, 2.75) is 83.5 Å². The molecule has 28 heavy (non-hydrogen) atoms. The third kappa shape index (κ3) is 7.57. The van der Waals surface area contributed by atoms with Gasteiger partial charge in [0.05, 0.1) is 6.10 Å². The minimum Gasteiger partial charge on any atom is -0.326 e. The second-order valence-corrected chi connectivity index (χ2v) is 7.46. The van der Waals surface area contributed by atoms with Crippen LogP contribution >= 0.6 is 0 Å². The number of halogens is 10. The van der Waals surface area contributed by atoms with Crippen LogP contribution in [0.1, 0.15) is 47.5 Å². The number of hydrogen-bond donors (Lipinski definition) is 0. The maximum Gasteiger partial charge on any atom is 0.457 e. The van der Waals surface area contributed by atoms with Gasteiger partial charge < -0.3 is 9.47 Å². The standard InChI is InChI=1S/C16H24F10O2/c1-9(2)6-11(7-13(19,20)10(3)4)28-16(25,26)14(21,15(22,23)24)27-8-12(5,17)18/h9-11H,6-8H2,1-5H3. The molecule has 0 radical (unpaired) electrons. The maximum absolute atomic E-state index is 14.2. The van der Waals surface area contributed by atoms with Crippen LogP contribution in [0, 0.1) is 11.8 Å². The molecule has 170 valence electrons. The van der Waals surface area contributed by atoms with Gasteiger partial charge in [0.1, 0.15) is 6.61 Å². The van der Waals surface area contributed by atoms with E-state index in [-0.39, 0.29) is 6.92 Å². The minimum atomic E-state index is -6.48. The molecule has 2 atom stereocenters. The predicted octanol–water partition coefficient (Wildman–Crippen LogP) is 6.59. The summed E-state index contributed by atoms with van der Waals surface area (Å²) in [6, 6.07) is 0. The molecule has 0 rings (SSSR count). The molecule has 0 heterocycles. The Kier molecular flexibility index (Phi) is 8.68. The van der Waals surface area contributed by atoms with E-state index in [4.69, 9.17) is 0 Å². The Morgan fingerprint density at radius 2 is 1.25 bits per heavy atom. The second kappa shape index (κ2) is 8.93. The Morgan fingerprint density at radius 1 is 0.786 bits per heavy atom. The molecule has 0 saturated heterocycles. The van der Waals surface area contributed by atoms with Crippen molar-refractivity contribution in [3.63, 3.8) is 0 Å². The molecule has 0 aromatic carbocycles. The van der Waals surface area contributed by atoms with Gasteiger partial charge >= 0.3 is 18.1 Å². The van der Waals surface area contributed by atoms with E-state index in [1.807, 2.05) is 0 Å². The van der Waals surface area contributed by atoms with E-state index in [0.29, 0.717) is 0 Å². The predicted molar refractivity (Wildman–Crippen MR) is 80.1 cm³/mol. The van der Waals surface area contributed by atoms with Crippen molar-refractivity contribution in [3.8, 4) is 0 Å². The lowest BCUT2D eigenvalue weighted by Gasteiger charge is -2.37. The number of hydrogen-bond acceptors (Lipinski definition) is 2. The van der Waals surface area contributed by atoms with Crippen molar-refractivity contribution in [2.24, 2.45) is 11.8 Å². The van der Waals surface area contributed by atoms with E-state index in [9.17, 15) is 43.9 Å². The lowest BCUT2D eigenvalue weighted by atomic mass is 9.95. The Morgan fingerprint density at radius 3 is 1.57 bits per heavy atom. The summed E-state index contributed by atoms with van der Waals surface area (Å²) >= 11 is 0. The van der Waals surface area contributed by atoms with Gasteiger partial charge in [-0.25, -0.2) is 17.6 Å². The van der Waals surface area contributed by atoms with Crippen molar-refractivity contribution in [3.05, 3.63) is 0 Å². The fraction of sp³-hybridized carbons (Fsp3) is 1.00. The van der Waals surface area contributed by atoms with Gasteiger partial charge in [0.2, 0.25) is 0 Å². The largest absolute Gasteiger partial charge is 0.457 e. The second-order valence-electron chi connectivity index (χ2n) is 7.46. The molecule has 0 N–H and O–H groups in total. The molecule has 0 fully saturated rings. The highest BCUT2D eigenvalue weighted by molar-refractivity contribution is 4.89. The summed E-state index contributed by atoms with van der Waals surface area (Å²) in [6.45, 7) is 2.57. The van der Waals surface area contributed by atoms with Crippen LogP contribution in [-0.2, 0) is 9.47 Å². The third-order valence-electron chi connectivity index (χ3n) is 3.66. The summed E-state index contributed by atoms with van der Waals surface area (Å²) in [5, 5.41) is 0. The molecule has 0 spiro atoms. The van der Waals surface area contributed by atoms with Gasteiger partial charge in [-0.05, 0) is 12.3 Å². The van der Waals surface area contributed by atoms with Crippen LogP contribution in [0.3, 0.4) is 0 Å². The zero-order chi connectivity index (χ0) is 22.8. The Balaban J connectivity index is 5.80. The van der Waals surface area contributed by atoms with Crippen molar-refractivity contribution in [2.75, 3.05) is 6.61 Å². The highest BCUT2D eigenvalue weighted by Crippen LogP contribution is 2.49. The van der Waals surface area contributed by atoms with E-state index in [2.05, 4.69) is 9.47 Å². The summed E-state index contributed by atoms with van der Waals surface area (Å²) < 4.78 is 141. The SMILES string of the molecule is CC(C)CC(CC(F)(F)C(C)C)OC(F)(F)C(F)(OCC(C)(F)F)C(F)(F)F. The first-order chi connectivity index (χ1) is 12.1. The zero-order valence-electron chi connectivity index (χ0n) is 15.9. The summed E-state index contributed by atoms with van der Waals surface area (Å²) in [5.74, 6) is -15.6. The minimum absolute atomic E-state index is 0.0214. The van der Waals surface area contributed by atoms with Crippen LogP contribution in [-0.4, -0.2) is 42.7 Å². The van der Waals surface area contributed by atoms with Crippen molar-refractivity contribution < 1.29 is 53.4 Å². The van der Waals surface area contributed by atoms with Crippen molar-refractivity contribution in [1.82, 2.24) is 0 Å². The van der Waals surface area contributed by atoms with Crippen LogP contribution in [0.4, 0.5) is 43.9 Å². The molecule has 2 unspecified atom stereocenters. The fourth-order valence-corrected chi connectivity index (χ4v) is 2.08. The first-order valence-corrected chi connectivity index (χ1v) is 8.35. The normalized spacial score (nSPS) is 17.9. The van der Waals surface area contributed by atoms with Gasteiger partial charge in [-0.2, -0.15) is 26.3 Å². The van der Waals surface area contributed by atoms with Crippen LogP contribution in [0.2, 0.25) is 0 Å². The summed E-state index contributed by atoms with van der Waals surface area (Å²) in [6.07, 6.45) is -16.5. The first-order valence-electron chi connectivity index (χ1n) is 8.35. The molecule has 12 heteroatoms. The Bertz CT molecular complexity index is 485. The Labute approximate surface area is 156 Å². The van der Waals surface area contributed by atoms with E-state index in [1.165, 1.54) is 13.8 Å². The van der Waals surface area contributed by atoms with Gasteiger partial charge in [-0.3, -0.25) is 0 Å². The van der Waals surface area contributed by atoms with Gasteiger partial charge in [0.15, 0.2) is 0 Å². The van der Waals surface area contributed by atoms with Crippen molar-refractivity contribution >= 4 is 0 Å². The number of ether oxygens (including phenoxy) is 2. The van der Waals surface area contributed by atoms with Crippen LogP contribution in [0.25, 0.3) is 0 Å². The van der Waals surface area contributed by atoms with E-state index < -0.39 is 67.4 Å². The molecule has 2 nitrogen and oxygen atoms in total. The summed E-state index contributed by atoms with van der Waals surface area (Å²) in [4.78, 5) is 0. The smallest absolute Gasteiger partial charge is 0.326 e. The zero-order valence-corrected chi connectivity index (χ0v) is 15.9. The molecule has 0 aliphatic carbocycles. The molecule has 0 saturated carbocycles. The van der Waals surface area contributed by atoms with Crippen molar-refractivity contribution in [1.29, 1.82) is 0 Å². The topological polar surface area (TPSA) is 18.5 Å². The molecule has 0 bridgehead atoms. The quantitative estimate of drug-likeness (QED) is 0.339. The van der Waals surface area contributed by atoms with Gasteiger partial charge in [0, 0.05) is 19.3 Å². The van der Waals surface area contributed by atoms with Crippen LogP contribution < -0.4 is 0 Å². The average molecular weight is 438 g/mol. The summed E-state index contributed by atoms with van der Waals surface area (Å²) in [7, 11) is 0. The third-order valence-corrected chi connectivity index (χ3v) is 3.66. The molecule has 0 amide bonds. The van der Waals surface area contributed by atoms with E-state index >= 15 is 0 Å². The van der Waals surface area contributed by atoms with Gasteiger partial charge in [0.25, 0.3) is 11.8 Å². The Hall–Kier alpha value is -0.780. The molecular formula is C16H24F10O2. The van der Waals surface area contributed by atoms with Crippen LogP contribution in [0.5, 0.6) is 0 Å². The van der Waals surface area contributed by atoms with E-state index in [1.54, 1.807) is 0 Å². The number of alkyl halides is 10. The number of rotatable bonds is 11. The summed E-state index contributed by atoms with van der Waals surface area (Å²) in [5.41, 5.74) is 0. The molecule has 0 aliphatic heterocycles. The highest BCUT2D eigenvalue weighted by Gasteiger charge is 2.75. The molecular weight excluding hydrogens is 414 g/mol. The lowest BCUT2D eigenvalue weighted by molar-refractivity contribution is -0.470. The highest BCUT2D eigenvalue weighted by atomic mass is 19.4. The molecule has 0 aromatic heterocycles. The van der Waals surface area contributed by atoms with Gasteiger partial charge in [-0.15, -0.1) is 0 Å². The fourth-order valence-electron chi connectivity index (χ4n) is 2.08. The average Bonchev–Trinajstić information content (AvgIpc) is 2.40. The molecule has 0 aliphatic rings. The maximum atomic E-state index is 14.2.